The van der Waals surface area contributed by atoms with Gasteiger partial charge in [-0.05, 0) is 55.9 Å². The minimum atomic E-state index is -0.139. The molecule has 0 amide bonds. The summed E-state index contributed by atoms with van der Waals surface area (Å²) < 4.78 is 2.22. The summed E-state index contributed by atoms with van der Waals surface area (Å²) in [5, 5.41) is 10.9. The molecule has 0 radical (unpaired) electrons. The zero-order valence-corrected chi connectivity index (χ0v) is 19.1. The topological polar surface area (TPSA) is 41.6 Å². The SMILES string of the molecule is CSc1cc(C)c2c(ccn2C)c1C(C)(C)C1=Cc2c(nc(C)c(C#N)c2C)C1. The molecule has 0 saturated heterocycles. The number of allylic oxidation sites excluding steroid dienone is 1. The Morgan fingerprint density at radius 1 is 1.24 bits per heavy atom. The van der Waals surface area contributed by atoms with Crippen LogP contribution in [0.2, 0.25) is 0 Å². The molecule has 4 rings (SSSR count). The van der Waals surface area contributed by atoms with Crippen molar-refractivity contribution in [2.75, 3.05) is 6.26 Å². The Bertz CT molecular complexity index is 1240. The number of aromatic nitrogens is 2. The maximum absolute atomic E-state index is 9.53. The molecule has 0 aliphatic heterocycles. The Balaban J connectivity index is 1.93. The first-order valence-electron chi connectivity index (χ1n) is 9.95. The van der Waals surface area contributed by atoms with Gasteiger partial charge in [-0.1, -0.05) is 25.5 Å². The molecule has 1 aromatic carbocycles. The lowest BCUT2D eigenvalue weighted by atomic mass is 9.75. The number of thioether (sulfide) groups is 1. The number of aryl methyl sites for hydroxylation is 3. The molecule has 1 aliphatic rings. The third kappa shape index (κ3) is 2.83. The monoisotopic (exact) mass is 401 g/mol. The highest BCUT2D eigenvalue weighted by Crippen LogP contribution is 2.46. The highest BCUT2D eigenvalue weighted by Gasteiger charge is 2.34. The van der Waals surface area contributed by atoms with Crippen molar-refractivity contribution in [3.63, 3.8) is 0 Å². The van der Waals surface area contributed by atoms with Gasteiger partial charge in [-0.25, -0.2) is 0 Å². The molecule has 3 nitrogen and oxygen atoms in total. The zero-order valence-electron chi connectivity index (χ0n) is 18.3. The number of fused-ring (bicyclic) bond motifs is 2. The van der Waals surface area contributed by atoms with Crippen LogP contribution in [0.3, 0.4) is 0 Å². The van der Waals surface area contributed by atoms with Gasteiger partial charge in [0, 0.05) is 40.9 Å². The third-order valence-electron chi connectivity index (χ3n) is 6.50. The number of hydrogen-bond acceptors (Lipinski definition) is 3. The number of nitriles is 1. The summed E-state index contributed by atoms with van der Waals surface area (Å²) in [6.07, 6.45) is 7.45. The summed E-state index contributed by atoms with van der Waals surface area (Å²) in [6, 6.07) is 6.91. The van der Waals surface area contributed by atoms with Crippen molar-refractivity contribution < 1.29 is 0 Å². The maximum Gasteiger partial charge on any atom is 0.101 e. The molecule has 29 heavy (non-hydrogen) atoms. The molecule has 0 N–H and O–H groups in total. The highest BCUT2D eigenvalue weighted by molar-refractivity contribution is 7.98. The number of benzene rings is 1. The van der Waals surface area contributed by atoms with Gasteiger partial charge in [-0.3, -0.25) is 4.98 Å². The second-order valence-corrected chi connectivity index (χ2v) is 9.45. The maximum atomic E-state index is 9.53. The minimum absolute atomic E-state index is 0.139. The number of hydrogen-bond donors (Lipinski definition) is 0. The Morgan fingerprint density at radius 3 is 2.62 bits per heavy atom. The van der Waals surface area contributed by atoms with E-state index >= 15 is 0 Å². The normalized spacial score (nSPS) is 13.5. The fourth-order valence-electron chi connectivity index (χ4n) is 4.90. The van der Waals surface area contributed by atoms with Crippen LogP contribution in [-0.2, 0) is 18.9 Å². The summed E-state index contributed by atoms with van der Waals surface area (Å²) in [4.78, 5) is 6.12. The summed E-state index contributed by atoms with van der Waals surface area (Å²) in [6.45, 7) is 10.8. The van der Waals surface area contributed by atoms with E-state index in [0.29, 0.717) is 5.56 Å². The molecule has 2 heterocycles. The van der Waals surface area contributed by atoms with Crippen LogP contribution in [0.25, 0.3) is 17.0 Å². The van der Waals surface area contributed by atoms with Gasteiger partial charge in [-0.15, -0.1) is 11.8 Å². The average Bonchev–Trinajstić information content (AvgIpc) is 3.26. The fourth-order valence-corrected chi connectivity index (χ4v) is 5.76. The van der Waals surface area contributed by atoms with E-state index in [1.54, 1.807) is 0 Å². The first kappa shape index (κ1) is 19.8. The van der Waals surface area contributed by atoms with Gasteiger partial charge >= 0.3 is 0 Å². The minimum Gasteiger partial charge on any atom is -0.350 e. The summed E-state index contributed by atoms with van der Waals surface area (Å²) in [7, 11) is 2.12. The van der Waals surface area contributed by atoms with Gasteiger partial charge in [0.15, 0.2) is 0 Å². The van der Waals surface area contributed by atoms with Gasteiger partial charge in [0.2, 0.25) is 0 Å². The van der Waals surface area contributed by atoms with Gasteiger partial charge in [-0.2, -0.15) is 5.26 Å². The Labute approximate surface area is 177 Å². The predicted molar refractivity (Wildman–Crippen MR) is 123 cm³/mol. The summed E-state index contributed by atoms with van der Waals surface area (Å²) in [5.41, 5.74) is 10.1. The second kappa shape index (κ2) is 6.78. The predicted octanol–water partition coefficient (Wildman–Crippen LogP) is 6.01. The molecule has 0 spiro atoms. The highest BCUT2D eigenvalue weighted by atomic mass is 32.2. The van der Waals surface area contributed by atoms with Crippen LogP contribution in [-0.4, -0.2) is 15.8 Å². The van der Waals surface area contributed by atoms with Crippen molar-refractivity contribution in [2.45, 2.75) is 51.3 Å². The van der Waals surface area contributed by atoms with Crippen LogP contribution >= 0.6 is 11.8 Å². The molecule has 1 aliphatic carbocycles. The number of pyridine rings is 1. The van der Waals surface area contributed by atoms with Crippen LogP contribution in [0.1, 0.15) is 53.1 Å². The number of rotatable bonds is 3. The largest absolute Gasteiger partial charge is 0.350 e. The lowest BCUT2D eigenvalue weighted by Gasteiger charge is -2.31. The van der Waals surface area contributed by atoms with E-state index < -0.39 is 0 Å². The van der Waals surface area contributed by atoms with Crippen molar-refractivity contribution >= 4 is 28.7 Å². The quantitative estimate of drug-likeness (QED) is 0.505. The van der Waals surface area contributed by atoms with Crippen molar-refractivity contribution in [3.05, 3.63) is 63.1 Å². The first-order chi connectivity index (χ1) is 13.7. The molecule has 0 fully saturated rings. The second-order valence-electron chi connectivity index (χ2n) is 8.60. The first-order valence-corrected chi connectivity index (χ1v) is 11.2. The van der Waals surface area contributed by atoms with E-state index in [1.807, 2.05) is 25.6 Å². The lowest BCUT2D eigenvalue weighted by molar-refractivity contribution is 0.607. The third-order valence-corrected chi connectivity index (χ3v) is 7.26. The molecule has 0 unspecified atom stereocenters. The standard InChI is InChI=1S/C25H27N3S/c1-14-10-22(29-7)23(18-8-9-28(6)24(14)18)25(4,5)17-11-19-15(2)20(13-26)16(3)27-21(19)12-17/h8-11H,12H2,1-7H3. The van der Waals surface area contributed by atoms with E-state index in [2.05, 4.69) is 69.1 Å². The van der Waals surface area contributed by atoms with E-state index in [-0.39, 0.29) is 5.41 Å². The Hall–Kier alpha value is -2.51. The van der Waals surface area contributed by atoms with Crippen molar-refractivity contribution in [1.82, 2.24) is 9.55 Å². The average molecular weight is 402 g/mol. The van der Waals surface area contributed by atoms with E-state index in [4.69, 9.17) is 4.98 Å². The van der Waals surface area contributed by atoms with E-state index in [9.17, 15) is 5.26 Å². The summed E-state index contributed by atoms with van der Waals surface area (Å²) in [5.74, 6) is 0. The number of nitrogens with zero attached hydrogens (tertiary/aromatic N) is 3. The van der Waals surface area contributed by atoms with Gasteiger partial charge in [0.25, 0.3) is 0 Å². The fraction of sp³-hybridized carbons (Fsp3) is 0.360. The van der Waals surface area contributed by atoms with Gasteiger partial charge in [0.05, 0.1) is 22.5 Å². The van der Waals surface area contributed by atoms with Crippen molar-refractivity contribution in [2.24, 2.45) is 7.05 Å². The molecule has 0 saturated carbocycles. The van der Waals surface area contributed by atoms with Crippen molar-refractivity contribution in [1.29, 1.82) is 5.26 Å². The van der Waals surface area contributed by atoms with Crippen molar-refractivity contribution in [3.8, 4) is 6.07 Å². The van der Waals surface area contributed by atoms with E-state index in [1.165, 1.54) is 32.5 Å². The van der Waals surface area contributed by atoms with Crippen LogP contribution in [0, 0.1) is 32.1 Å². The van der Waals surface area contributed by atoms with Crippen LogP contribution < -0.4 is 0 Å². The molecule has 0 atom stereocenters. The zero-order chi connectivity index (χ0) is 21.1. The summed E-state index contributed by atoms with van der Waals surface area (Å²) >= 11 is 1.82. The van der Waals surface area contributed by atoms with Crippen LogP contribution in [0.15, 0.2) is 28.8 Å². The Kier molecular flexibility index (Phi) is 4.63. The smallest absolute Gasteiger partial charge is 0.101 e. The molecule has 148 valence electrons. The van der Waals surface area contributed by atoms with Gasteiger partial charge < -0.3 is 4.57 Å². The molecular formula is C25H27N3S. The van der Waals surface area contributed by atoms with Gasteiger partial charge in [0.1, 0.15) is 6.07 Å². The molecule has 4 heteroatoms. The molecule has 0 bridgehead atoms. The Morgan fingerprint density at radius 2 is 1.97 bits per heavy atom. The molecule has 3 aromatic rings. The van der Waals surface area contributed by atoms with Crippen LogP contribution in [0.4, 0.5) is 0 Å². The molecule has 2 aromatic heterocycles. The molecular weight excluding hydrogens is 374 g/mol. The van der Waals surface area contributed by atoms with Crippen LogP contribution in [0.5, 0.6) is 0 Å². The lowest BCUT2D eigenvalue weighted by Crippen LogP contribution is -2.22. The van der Waals surface area contributed by atoms with E-state index in [0.717, 1.165) is 28.9 Å².